The third kappa shape index (κ3) is 10.0. The van der Waals surface area contributed by atoms with Crippen molar-refractivity contribution in [2.45, 2.75) is 77.9 Å². The standard InChI is InChI=1S/C17H34N4O2/c1-5-18-15(21-14-10-7-6-8-11-14)19-12-9-13-20-16(22)23-17(2,3)4/h14H,5-13H2,1-4H3,(H,20,22)(H2,18,19,21). The zero-order chi connectivity index (χ0) is 17.1. The lowest BCUT2D eigenvalue weighted by molar-refractivity contribution is 0.0527. The lowest BCUT2D eigenvalue weighted by atomic mass is 9.96. The molecule has 1 saturated carbocycles. The van der Waals surface area contributed by atoms with Gasteiger partial charge in [0.05, 0.1) is 0 Å². The van der Waals surface area contributed by atoms with E-state index in [9.17, 15) is 4.79 Å². The van der Waals surface area contributed by atoms with Crippen LogP contribution in [0, 0.1) is 0 Å². The number of carbonyl (C=O) groups excluding carboxylic acids is 1. The summed E-state index contributed by atoms with van der Waals surface area (Å²) in [4.78, 5) is 16.1. The molecule has 0 atom stereocenters. The Bertz CT molecular complexity index is 371. The van der Waals surface area contributed by atoms with Gasteiger partial charge < -0.3 is 20.7 Å². The normalized spacial score (nSPS) is 16.8. The summed E-state index contributed by atoms with van der Waals surface area (Å²) in [5, 5.41) is 9.56. The van der Waals surface area contributed by atoms with E-state index in [1.165, 1.54) is 32.1 Å². The Morgan fingerprint density at radius 3 is 2.48 bits per heavy atom. The van der Waals surface area contributed by atoms with Gasteiger partial charge in [-0.2, -0.15) is 0 Å². The first kappa shape index (κ1) is 19.6. The Morgan fingerprint density at radius 1 is 1.17 bits per heavy atom. The van der Waals surface area contributed by atoms with E-state index in [1.807, 2.05) is 20.8 Å². The summed E-state index contributed by atoms with van der Waals surface area (Å²) in [7, 11) is 0. The van der Waals surface area contributed by atoms with Gasteiger partial charge in [0.1, 0.15) is 5.60 Å². The molecule has 0 saturated heterocycles. The number of hydrogen-bond acceptors (Lipinski definition) is 3. The molecule has 0 aliphatic heterocycles. The van der Waals surface area contributed by atoms with Crippen molar-refractivity contribution >= 4 is 12.1 Å². The zero-order valence-electron chi connectivity index (χ0n) is 15.2. The molecule has 1 aliphatic rings. The van der Waals surface area contributed by atoms with Crippen molar-refractivity contribution in [1.82, 2.24) is 16.0 Å². The van der Waals surface area contributed by atoms with Gasteiger partial charge in [-0.1, -0.05) is 19.3 Å². The largest absolute Gasteiger partial charge is 0.444 e. The molecule has 6 heteroatoms. The maximum absolute atomic E-state index is 11.5. The fourth-order valence-electron chi connectivity index (χ4n) is 2.53. The first-order chi connectivity index (χ1) is 10.9. The number of hydrogen-bond donors (Lipinski definition) is 3. The van der Waals surface area contributed by atoms with Gasteiger partial charge in [0, 0.05) is 25.7 Å². The van der Waals surface area contributed by atoms with Crippen LogP contribution in [0.15, 0.2) is 4.99 Å². The Morgan fingerprint density at radius 2 is 1.87 bits per heavy atom. The van der Waals surface area contributed by atoms with Crippen molar-refractivity contribution in [3.05, 3.63) is 0 Å². The summed E-state index contributed by atoms with van der Waals surface area (Å²) in [5.41, 5.74) is -0.454. The van der Waals surface area contributed by atoms with E-state index in [-0.39, 0.29) is 6.09 Å². The molecule has 0 spiro atoms. The van der Waals surface area contributed by atoms with Crippen LogP contribution in [-0.4, -0.2) is 43.3 Å². The molecule has 23 heavy (non-hydrogen) atoms. The topological polar surface area (TPSA) is 74.8 Å². The quantitative estimate of drug-likeness (QED) is 0.399. The van der Waals surface area contributed by atoms with Crippen LogP contribution in [0.4, 0.5) is 4.79 Å². The first-order valence-corrected chi connectivity index (χ1v) is 8.92. The van der Waals surface area contributed by atoms with Crippen molar-refractivity contribution in [2.24, 2.45) is 4.99 Å². The van der Waals surface area contributed by atoms with Gasteiger partial charge in [-0.05, 0) is 47.0 Å². The monoisotopic (exact) mass is 326 g/mol. The van der Waals surface area contributed by atoms with Crippen LogP contribution in [0.3, 0.4) is 0 Å². The van der Waals surface area contributed by atoms with Gasteiger partial charge in [0.15, 0.2) is 5.96 Å². The molecular formula is C17H34N4O2. The van der Waals surface area contributed by atoms with Crippen molar-refractivity contribution in [3.63, 3.8) is 0 Å². The summed E-state index contributed by atoms with van der Waals surface area (Å²) in [5.74, 6) is 0.886. The summed E-state index contributed by atoms with van der Waals surface area (Å²) >= 11 is 0. The number of aliphatic imine (C=N–C) groups is 1. The lowest BCUT2D eigenvalue weighted by Crippen LogP contribution is -2.44. The average Bonchev–Trinajstić information content (AvgIpc) is 2.46. The van der Waals surface area contributed by atoms with Gasteiger partial charge in [-0.25, -0.2) is 4.79 Å². The highest BCUT2D eigenvalue weighted by Crippen LogP contribution is 2.17. The van der Waals surface area contributed by atoms with Gasteiger partial charge >= 0.3 is 6.09 Å². The number of rotatable bonds is 6. The molecule has 0 heterocycles. The minimum atomic E-state index is -0.454. The van der Waals surface area contributed by atoms with Gasteiger partial charge in [0.25, 0.3) is 0 Å². The second-order valence-electron chi connectivity index (χ2n) is 7.02. The van der Waals surface area contributed by atoms with E-state index in [1.54, 1.807) is 0 Å². The van der Waals surface area contributed by atoms with Crippen LogP contribution in [0.5, 0.6) is 0 Å². The van der Waals surface area contributed by atoms with Crippen LogP contribution < -0.4 is 16.0 Å². The molecule has 1 rings (SSSR count). The molecular weight excluding hydrogens is 292 g/mol. The van der Waals surface area contributed by atoms with Gasteiger partial charge in [0.2, 0.25) is 0 Å². The number of alkyl carbamates (subject to hydrolysis) is 1. The molecule has 1 amide bonds. The van der Waals surface area contributed by atoms with E-state index in [4.69, 9.17) is 4.74 Å². The molecule has 134 valence electrons. The lowest BCUT2D eigenvalue weighted by Gasteiger charge is -2.24. The average molecular weight is 326 g/mol. The second-order valence-corrected chi connectivity index (χ2v) is 7.02. The second kappa shape index (κ2) is 10.3. The smallest absolute Gasteiger partial charge is 0.407 e. The molecule has 0 unspecified atom stereocenters. The Labute approximate surface area is 140 Å². The predicted molar refractivity (Wildman–Crippen MR) is 94.8 cm³/mol. The number of nitrogens with zero attached hydrogens (tertiary/aromatic N) is 1. The molecule has 0 aromatic carbocycles. The third-order valence-electron chi connectivity index (χ3n) is 3.56. The number of nitrogens with one attached hydrogen (secondary N) is 3. The number of ether oxygens (including phenoxy) is 1. The minimum absolute atomic E-state index is 0.367. The Balaban J connectivity index is 2.24. The fourth-order valence-corrected chi connectivity index (χ4v) is 2.53. The zero-order valence-corrected chi connectivity index (χ0v) is 15.2. The van der Waals surface area contributed by atoms with E-state index >= 15 is 0 Å². The molecule has 1 aliphatic carbocycles. The SMILES string of the molecule is CCNC(=NCCCNC(=O)OC(C)(C)C)NC1CCCCC1. The van der Waals surface area contributed by atoms with Crippen LogP contribution in [-0.2, 0) is 4.74 Å². The first-order valence-electron chi connectivity index (χ1n) is 8.92. The van der Waals surface area contributed by atoms with Crippen LogP contribution in [0.25, 0.3) is 0 Å². The van der Waals surface area contributed by atoms with Gasteiger partial charge in [-0.15, -0.1) is 0 Å². The summed E-state index contributed by atoms with van der Waals surface area (Å²) in [6.07, 6.45) is 6.83. The summed E-state index contributed by atoms with van der Waals surface area (Å²) < 4.78 is 5.19. The number of guanidine groups is 1. The van der Waals surface area contributed by atoms with E-state index in [0.717, 1.165) is 18.9 Å². The highest BCUT2D eigenvalue weighted by molar-refractivity contribution is 5.80. The van der Waals surface area contributed by atoms with E-state index in [2.05, 4.69) is 27.9 Å². The van der Waals surface area contributed by atoms with Crippen LogP contribution in [0.1, 0.15) is 66.2 Å². The van der Waals surface area contributed by atoms with E-state index < -0.39 is 5.60 Å². The molecule has 1 fully saturated rings. The molecule has 6 nitrogen and oxygen atoms in total. The predicted octanol–water partition coefficient (Wildman–Crippen LogP) is 2.79. The van der Waals surface area contributed by atoms with Crippen molar-refractivity contribution in [2.75, 3.05) is 19.6 Å². The highest BCUT2D eigenvalue weighted by Gasteiger charge is 2.16. The van der Waals surface area contributed by atoms with Crippen LogP contribution in [0.2, 0.25) is 0 Å². The minimum Gasteiger partial charge on any atom is -0.444 e. The van der Waals surface area contributed by atoms with Gasteiger partial charge in [-0.3, -0.25) is 4.99 Å². The van der Waals surface area contributed by atoms with E-state index in [0.29, 0.717) is 19.1 Å². The fraction of sp³-hybridized carbons (Fsp3) is 0.882. The molecule has 0 aromatic heterocycles. The number of amides is 1. The third-order valence-corrected chi connectivity index (χ3v) is 3.56. The maximum Gasteiger partial charge on any atom is 0.407 e. The summed E-state index contributed by atoms with van der Waals surface area (Å²) in [6, 6.07) is 0.543. The molecule has 0 bridgehead atoms. The maximum atomic E-state index is 11.5. The Kier molecular flexibility index (Phi) is 8.81. The van der Waals surface area contributed by atoms with Crippen molar-refractivity contribution < 1.29 is 9.53 Å². The number of carbonyl (C=O) groups is 1. The van der Waals surface area contributed by atoms with Crippen LogP contribution >= 0.6 is 0 Å². The Hall–Kier alpha value is -1.46. The molecule has 0 radical (unpaired) electrons. The van der Waals surface area contributed by atoms with Crippen molar-refractivity contribution in [1.29, 1.82) is 0 Å². The highest BCUT2D eigenvalue weighted by atomic mass is 16.6. The molecule has 3 N–H and O–H groups in total. The molecule has 0 aromatic rings. The van der Waals surface area contributed by atoms with Crippen molar-refractivity contribution in [3.8, 4) is 0 Å². The summed E-state index contributed by atoms with van der Waals surface area (Å²) in [6.45, 7) is 9.75.